The Labute approximate surface area is 135 Å². The molecule has 0 unspecified atom stereocenters. The first-order valence-electron chi connectivity index (χ1n) is 7.60. The summed E-state index contributed by atoms with van der Waals surface area (Å²) in [6.45, 7) is 4.25. The zero-order valence-electron chi connectivity index (χ0n) is 13.4. The van der Waals surface area contributed by atoms with Gasteiger partial charge in [0.25, 0.3) is 11.8 Å². The highest BCUT2D eigenvalue weighted by atomic mass is 16.5. The Balaban J connectivity index is 1.87. The maximum Gasteiger partial charge on any atom is 0.413 e. The molecule has 1 aliphatic heterocycles. The minimum absolute atomic E-state index is 0.0105. The van der Waals surface area contributed by atoms with E-state index >= 15 is 0 Å². The average Bonchev–Trinajstić information content (AvgIpc) is 2.61. The minimum Gasteiger partial charge on any atom is -0.453 e. The monoisotopic (exact) mass is 320 g/mol. The van der Waals surface area contributed by atoms with Gasteiger partial charge in [-0.25, -0.2) is 4.79 Å². The number of piperazine rings is 1. The van der Waals surface area contributed by atoms with Gasteiger partial charge in [-0.05, 0) is 19.1 Å². The van der Waals surface area contributed by atoms with Crippen LogP contribution in [0.25, 0.3) is 0 Å². The Morgan fingerprint density at radius 2 is 1.78 bits per heavy atom. The van der Waals surface area contributed by atoms with E-state index < -0.39 is 6.09 Å². The summed E-state index contributed by atoms with van der Waals surface area (Å²) in [4.78, 5) is 38.2. The number of methoxy groups -OCH3 is 1. The molecule has 1 aromatic carbocycles. The van der Waals surface area contributed by atoms with Crippen LogP contribution in [0.5, 0.6) is 0 Å². The van der Waals surface area contributed by atoms with Crippen molar-refractivity contribution in [3.05, 3.63) is 35.9 Å². The number of benzene rings is 1. The van der Waals surface area contributed by atoms with Crippen molar-refractivity contribution in [3.63, 3.8) is 0 Å². The number of hydrogen-bond donors (Lipinski definition) is 2. The van der Waals surface area contributed by atoms with Crippen molar-refractivity contribution in [1.29, 1.82) is 0 Å². The van der Waals surface area contributed by atoms with Gasteiger partial charge in [-0.3, -0.25) is 14.9 Å². The van der Waals surface area contributed by atoms with Crippen LogP contribution in [0.4, 0.5) is 4.79 Å². The molecular formula is C16H22N3O4+. The third-order valence-electron chi connectivity index (χ3n) is 4.13. The fraction of sp³-hybridized carbons (Fsp3) is 0.438. The Hall–Kier alpha value is -2.41. The maximum atomic E-state index is 12.4. The molecule has 0 spiro atoms. The van der Waals surface area contributed by atoms with Gasteiger partial charge < -0.3 is 14.5 Å². The third-order valence-corrected chi connectivity index (χ3v) is 4.13. The van der Waals surface area contributed by atoms with Gasteiger partial charge >= 0.3 is 6.09 Å². The summed E-state index contributed by atoms with van der Waals surface area (Å²) in [5, 5.41) is 2.19. The largest absolute Gasteiger partial charge is 0.453 e. The van der Waals surface area contributed by atoms with Crippen molar-refractivity contribution in [2.24, 2.45) is 0 Å². The van der Waals surface area contributed by atoms with E-state index in [-0.39, 0.29) is 17.9 Å². The van der Waals surface area contributed by atoms with Crippen LogP contribution in [-0.2, 0) is 9.53 Å². The molecule has 7 heteroatoms. The number of nitrogens with zero attached hydrogens (tertiary/aromatic N) is 1. The van der Waals surface area contributed by atoms with Crippen LogP contribution in [0.1, 0.15) is 17.3 Å². The Morgan fingerprint density at radius 1 is 1.17 bits per heavy atom. The lowest BCUT2D eigenvalue weighted by molar-refractivity contribution is -0.917. The van der Waals surface area contributed by atoms with Crippen LogP contribution in [0, 0.1) is 0 Å². The van der Waals surface area contributed by atoms with Gasteiger partial charge in [0, 0.05) is 5.56 Å². The molecular weight excluding hydrogens is 298 g/mol. The highest BCUT2D eigenvalue weighted by molar-refractivity contribution is 5.94. The summed E-state index contributed by atoms with van der Waals surface area (Å²) in [7, 11) is 1.22. The molecule has 1 fully saturated rings. The van der Waals surface area contributed by atoms with Crippen molar-refractivity contribution in [2.75, 3.05) is 33.3 Å². The molecule has 0 bridgehead atoms. The topological polar surface area (TPSA) is 80.2 Å². The number of rotatable bonds is 3. The van der Waals surface area contributed by atoms with Gasteiger partial charge in [0.15, 0.2) is 6.04 Å². The first kappa shape index (κ1) is 17.0. The van der Waals surface area contributed by atoms with Crippen LogP contribution < -0.4 is 10.2 Å². The van der Waals surface area contributed by atoms with Crippen LogP contribution in [-0.4, -0.2) is 62.1 Å². The van der Waals surface area contributed by atoms with Crippen LogP contribution >= 0.6 is 0 Å². The second kappa shape index (κ2) is 7.73. The molecule has 1 saturated heterocycles. The van der Waals surface area contributed by atoms with E-state index in [2.05, 4.69) is 10.1 Å². The molecule has 1 aromatic rings. The molecule has 23 heavy (non-hydrogen) atoms. The molecule has 1 atom stereocenters. The van der Waals surface area contributed by atoms with E-state index in [1.807, 2.05) is 18.2 Å². The summed E-state index contributed by atoms with van der Waals surface area (Å²) in [5.74, 6) is -0.356. The fourth-order valence-corrected chi connectivity index (χ4v) is 2.64. The smallest absolute Gasteiger partial charge is 0.413 e. The lowest BCUT2D eigenvalue weighted by Crippen LogP contribution is -3.19. The van der Waals surface area contributed by atoms with E-state index in [1.165, 1.54) is 7.11 Å². The normalized spacial score (nSPS) is 16.5. The predicted molar refractivity (Wildman–Crippen MR) is 83.1 cm³/mol. The van der Waals surface area contributed by atoms with Gasteiger partial charge in [0.2, 0.25) is 0 Å². The second-order valence-electron chi connectivity index (χ2n) is 5.52. The minimum atomic E-state index is -0.751. The summed E-state index contributed by atoms with van der Waals surface area (Å²) in [6.07, 6.45) is -0.751. The van der Waals surface area contributed by atoms with Crippen LogP contribution in [0.2, 0.25) is 0 Å². The van der Waals surface area contributed by atoms with Crippen LogP contribution in [0.3, 0.4) is 0 Å². The van der Waals surface area contributed by atoms with E-state index in [9.17, 15) is 14.4 Å². The molecule has 7 nitrogen and oxygen atoms in total. The number of quaternary nitrogens is 1. The number of carbonyl (C=O) groups excluding carboxylic acids is 3. The lowest BCUT2D eigenvalue weighted by atomic mass is 10.1. The third kappa shape index (κ3) is 4.29. The number of nitrogens with one attached hydrogen (secondary N) is 2. The van der Waals surface area contributed by atoms with Crippen molar-refractivity contribution >= 4 is 17.9 Å². The fourth-order valence-electron chi connectivity index (χ4n) is 2.64. The van der Waals surface area contributed by atoms with Crippen LogP contribution in [0.15, 0.2) is 30.3 Å². The molecule has 0 saturated carbocycles. The first-order chi connectivity index (χ1) is 11.0. The highest BCUT2D eigenvalue weighted by Crippen LogP contribution is 2.04. The zero-order valence-corrected chi connectivity index (χ0v) is 13.4. The summed E-state index contributed by atoms with van der Waals surface area (Å²) >= 11 is 0. The number of amides is 3. The molecule has 1 aliphatic rings. The standard InChI is InChI=1S/C16H21N3O4/c1-12(14(20)17-16(22)23-2)18-8-10-19(11-9-18)15(21)13-6-4-3-5-7-13/h3-7,12H,8-11H2,1-2H3,(H,17,20,22)/p+1/t12-/m1/s1. The van der Waals surface area contributed by atoms with E-state index in [0.29, 0.717) is 31.7 Å². The summed E-state index contributed by atoms with van der Waals surface area (Å²) in [6, 6.07) is 8.78. The molecule has 0 aliphatic carbocycles. The van der Waals surface area contributed by atoms with Crippen molar-refractivity contribution in [1.82, 2.24) is 10.2 Å². The number of carbonyl (C=O) groups is 3. The van der Waals surface area contributed by atoms with Crippen molar-refractivity contribution in [2.45, 2.75) is 13.0 Å². The first-order valence-corrected chi connectivity index (χ1v) is 7.60. The zero-order chi connectivity index (χ0) is 16.8. The Kier molecular flexibility index (Phi) is 5.70. The van der Waals surface area contributed by atoms with Crippen molar-refractivity contribution < 1.29 is 24.0 Å². The van der Waals surface area contributed by atoms with E-state index in [0.717, 1.165) is 4.90 Å². The molecule has 0 aromatic heterocycles. The van der Waals surface area contributed by atoms with Crippen molar-refractivity contribution in [3.8, 4) is 0 Å². The van der Waals surface area contributed by atoms with Gasteiger partial charge in [-0.15, -0.1) is 0 Å². The van der Waals surface area contributed by atoms with Gasteiger partial charge in [-0.2, -0.15) is 0 Å². The molecule has 2 N–H and O–H groups in total. The predicted octanol–water partition coefficient (Wildman–Crippen LogP) is -0.702. The Morgan fingerprint density at radius 3 is 2.35 bits per heavy atom. The number of alkyl carbamates (subject to hydrolysis) is 1. The van der Waals surface area contributed by atoms with E-state index in [4.69, 9.17) is 0 Å². The maximum absolute atomic E-state index is 12.4. The molecule has 3 amide bonds. The second-order valence-corrected chi connectivity index (χ2v) is 5.52. The van der Waals surface area contributed by atoms with E-state index in [1.54, 1.807) is 24.0 Å². The quantitative estimate of drug-likeness (QED) is 0.772. The SMILES string of the molecule is COC(=O)NC(=O)[C@@H](C)[NH+]1CCN(C(=O)c2ccccc2)CC1. The van der Waals surface area contributed by atoms with Gasteiger partial charge in [-0.1, -0.05) is 18.2 Å². The van der Waals surface area contributed by atoms with Gasteiger partial charge in [0.1, 0.15) is 0 Å². The summed E-state index contributed by atoms with van der Waals surface area (Å²) in [5.41, 5.74) is 0.674. The highest BCUT2D eigenvalue weighted by Gasteiger charge is 2.31. The molecule has 124 valence electrons. The summed E-state index contributed by atoms with van der Waals surface area (Å²) < 4.78 is 4.42. The molecule has 1 heterocycles. The molecule has 0 radical (unpaired) electrons. The molecule has 2 rings (SSSR count). The Bertz CT molecular complexity index is 568. The number of ether oxygens (including phenoxy) is 1. The lowest BCUT2D eigenvalue weighted by Gasteiger charge is -2.34. The number of hydrogen-bond acceptors (Lipinski definition) is 4. The average molecular weight is 320 g/mol. The number of imide groups is 1. The van der Waals surface area contributed by atoms with Gasteiger partial charge in [0.05, 0.1) is 33.3 Å².